The summed E-state index contributed by atoms with van der Waals surface area (Å²) < 4.78 is 2.47. The first-order valence-corrected chi connectivity index (χ1v) is 14.7. The zero-order valence-corrected chi connectivity index (χ0v) is 25.2. The van der Waals surface area contributed by atoms with Crippen molar-refractivity contribution in [2.75, 3.05) is 0 Å². The number of hydrogen-bond acceptors (Lipinski definition) is 0. The molecule has 40 heavy (non-hydrogen) atoms. The number of hydrogen-bond donors (Lipinski definition) is 2. The quantitative estimate of drug-likeness (QED) is 0.206. The molecule has 0 aliphatic carbocycles. The largest absolute Gasteiger partial charge is 0.361 e. The highest BCUT2D eigenvalue weighted by Crippen LogP contribution is 2.37. The van der Waals surface area contributed by atoms with Gasteiger partial charge in [0.2, 0.25) is 0 Å². The lowest BCUT2D eigenvalue weighted by atomic mass is 9.79. The Labute approximate surface area is 238 Å². The van der Waals surface area contributed by atoms with Crippen molar-refractivity contribution >= 4 is 32.7 Å². The lowest BCUT2D eigenvalue weighted by molar-refractivity contribution is 0.432. The molecule has 0 radical (unpaired) electrons. The number of H-pyrrole nitrogens is 2. The standard InChI is InChI=1S/C37H43N3/c1-35(2,3)30-24-40(32-18-11-9-16-28(30)32)20-19-36(4,5)33-21-25-13-12-14-26(34(25)39-33)22-37(6,7)29-23-38-31-17-10-8-15-27(29)31/h8-18,21,23-24,38-39H,19-20,22H2,1-7H3. The second-order valence-electron chi connectivity index (χ2n) is 14.0. The lowest BCUT2D eigenvalue weighted by Gasteiger charge is -2.25. The number of aryl methyl sites for hydroxylation is 1. The van der Waals surface area contributed by atoms with Crippen molar-refractivity contribution in [3.63, 3.8) is 0 Å². The minimum absolute atomic E-state index is 0.00504. The molecule has 0 unspecified atom stereocenters. The number of aromatic nitrogens is 3. The van der Waals surface area contributed by atoms with E-state index in [9.17, 15) is 0 Å². The molecule has 3 aromatic carbocycles. The maximum atomic E-state index is 3.90. The predicted octanol–water partition coefficient (Wildman–Crippen LogP) is 9.79. The SMILES string of the molecule is CC(C)(C)c1cn(CCC(C)(C)c2cc3cccc(CC(C)(C)c4c[nH]c5ccccc45)c3[nH]2)c2ccccc12. The number of nitrogens with zero attached hydrogens (tertiary/aromatic N) is 1. The first-order chi connectivity index (χ1) is 18.9. The van der Waals surface area contributed by atoms with Crippen molar-refractivity contribution in [3.8, 4) is 0 Å². The second-order valence-corrected chi connectivity index (χ2v) is 14.0. The van der Waals surface area contributed by atoms with Crippen molar-refractivity contribution in [1.82, 2.24) is 14.5 Å². The van der Waals surface area contributed by atoms with E-state index in [1.165, 1.54) is 55.1 Å². The lowest BCUT2D eigenvalue weighted by Crippen LogP contribution is -2.21. The van der Waals surface area contributed by atoms with E-state index in [-0.39, 0.29) is 16.2 Å². The molecule has 0 spiro atoms. The molecular weight excluding hydrogens is 486 g/mol. The molecule has 0 saturated heterocycles. The van der Waals surface area contributed by atoms with Gasteiger partial charge in [-0.2, -0.15) is 0 Å². The van der Waals surface area contributed by atoms with E-state index in [1.54, 1.807) is 0 Å². The summed E-state index contributed by atoms with van der Waals surface area (Å²) in [5.41, 5.74) is 9.43. The van der Waals surface area contributed by atoms with Gasteiger partial charge in [-0.25, -0.2) is 0 Å². The zero-order chi connectivity index (χ0) is 28.3. The monoisotopic (exact) mass is 529 g/mol. The van der Waals surface area contributed by atoms with Crippen molar-refractivity contribution in [1.29, 1.82) is 0 Å². The fraction of sp³-hybridized carbons (Fsp3) is 0.351. The average Bonchev–Trinajstić information content (AvgIpc) is 3.63. The van der Waals surface area contributed by atoms with Crippen molar-refractivity contribution in [2.45, 2.75) is 84.1 Å². The van der Waals surface area contributed by atoms with E-state index in [2.05, 4.69) is 148 Å². The van der Waals surface area contributed by atoms with Crippen LogP contribution < -0.4 is 0 Å². The van der Waals surface area contributed by atoms with Gasteiger partial charge in [-0.3, -0.25) is 0 Å². The molecule has 6 aromatic rings. The van der Waals surface area contributed by atoms with Crippen LogP contribution in [0.5, 0.6) is 0 Å². The average molecular weight is 530 g/mol. The fourth-order valence-electron chi connectivity index (χ4n) is 6.50. The van der Waals surface area contributed by atoms with Crippen LogP contribution in [0.2, 0.25) is 0 Å². The summed E-state index contributed by atoms with van der Waals surface area (Å²) in [6.45, 7) is 17.4. The van der Waals surface area contributed by atoms with E-state index >= 15 is 0 Å². The molecule has 0 atom stereocenters. The van der Waals surface area contributed by atoms with Crippen molar-refractivity contribution in [2.24, 2.45) is 0 Å². The summed E-state index contributed by atoms with van der Waals surface area (Å²) >= 11 is 0. The maximum absolute atomic E-state index is 3.90. The van der Waals surface area contributed by atoms with E-state index < -0.39 is 0 Å². The Morgan fingerprint density at radius 1 is 0.725 bits per heavy atom. The Hall–Kier alpha value is -3.72. The zero-order valence-electron chi connectivity index (χ0n) is 25.2. The molecule has 3 aromatic heterocycles. The van der Waals surface area contributed by atoms with Gasteiger partial charge in [0.15, 0.2) is 0 Å². The Balaban J connectivity index is 1.28. The van der Waals surface area contributed by atoms with E-state index in [4.69, 9.17) is 0 Å². The van der Waals surface area contributed by atoms with Crippen LogP contribution in [0.4, 0.5) is 0 Å². The summed E-state index contributed by atoms with van der Waals surface area (Å²) in [7, 11) is 0. The van der Waals surface area contributed by atoms with Gasteiger partial charge in [-0.15, -0.1) is 0 Å². The minimum Gasteiger partial charge on any atom is -0.361 e. The molecular formula is C37H43N3. The predicted molar refractivity (Wildman–Crippen MR) is 172 cm³/mol. The Kier molecular flexibility index (Phi) is 6.25. The van der Waals surface area contributed by atoms with Crippen LogP contribution in [0.25, 0.3) is 32.7 Å². The van der Waals surface area contributed by atoms with Crippen LogP contribution in [0.3, 0.4) is 0 Å². The van der Waals surface area contributed by atoms with Gasteiger partial charge in [0, 0.05) is 57.4 Å². The molecule has 0 bridgehead atoms. The first kappa shape index (κ1) is 26.5. The molecule has 0 fully saturated rings. The van der Waals surface area contributed by atoms with Crippen molar-refractivity contribution < 1.29 is 0 Å². The molecule has 3 heterocycles. The summed E-state index contributed by atoms with van der Waals surface area (Å²) in [5, 5.41) is 4.00. The van der Waals surface area contributed by atoms with Gasteiger partial charge in [-0.1, -0.05) is 103 Å². The number of nitrogens with one attached hydrogen (secondary N) is 2. The first-order valence-electron chi connectivity index (χ1n) is 14.7. The van der Waals surface area contributed by atoms with Crippen LogP contribution in [0.15, 0.2) is 85.2 Å². The third kappa shape index (κ3) is 4.66. The van der Waals surface area contributed by atoms with Gasteiger partial charge >= 0.3 is 0 Å². The summed E-state index contributed by atoms with van der Waals surface area (Å²) in [6.07, 6.45) is 6.61. The number of fused-ring (bicyclic) bond motifs is 3. The van der Waals surface area contributed by atoms with Crippen LogP contribution in [-0.2, 0) is 29.2 Å². The minimum atomic E-state index is -0.00504. The number of para-hydroxylation sites is 3. The fourth-order valence-corrected chi connectivity index (χ4v) is 6.50. The highest BCUT2D eigenvalue weighted by atomic mass is 15.0. The molecule has 0 aliphatic heterocycles. The Morgan fingerprint density at radius 3 is 2.23 bits per heavy atom. The van der Waals surface area contributed by atoms with Gasteiger partial charge in [-0.05, 0) is 63.9 Å². The van der Waals surface area contributed by atoms with E-state index in [0.717, 1.165) is 19.4 Å². The number of rotatable bonds is 7. The maximum Gasteiger partial charge on any atom is 0.0489 e. The molecule has 2 N–H and O–H groups in total. The third-order valence-electron chi connectivity index (χ3n) is 9.00. The highest BCUT2D eigenvalue weighted by Gasteiger charge is 2.28. The summed E-state index contributed by atoms with van der Waals surface area (Å²) in [6, 6.07) is 26.6. The smallest absolute Gasteiger partial charge is 0.0489 e. The highest BCUT2D eigenvalue weighted by molar-refractivity contribution is 5.86. The van der Waals surface area contributed by atoms with Crippen molar-refractivity contribution in [3.05, 3.63) is 108 Å². The molecule has 3 nitrogen and oxygen atoms in total. The van der Waals surface area contributed by atoms with Gasteiger partial charge in [0.25, 0.3) is 0 Å². The second kappa shape index (κ2) is 9.44. The number of aromatic amines is 2. The molecule has 0 aliphatic rings. The molecule has 6 rings (SSSR count). The van der Waals surface area contributed by atoms with Gasteiger partial charge in [0.1, 0.15) is 0 Å². The van der Waals surface area contributed by atoms with E-state index in [0.29, 0.717) is 0 Å². The third-order valence-corrected chi connectivity index (χ3v) is 9.00. The normalized spacial score (nSPS) is 13.2. The van der Waals surface area contributed by atoms with E-state index in [1.807, 2.05) is 0 Å². The summed E-state index contributed by atoms with van der Waals surface area (Å²) in [5.74, 6) is 0. The molecule has 0 saturated carbocycles. The molecule has 206 valence electrons. The Morgan fingerprint density at radius 2 is 1.45 bits per heavy atom. The van der Waals surface area contributed by atoms with Gasteiger partial charge in [0.05, 0.1) is 0 Å². The van der Waals surface area contributed by atoms with Crippen LogP contribution in [-0.4, -0.2) is 14.5 Å². The molecule has 3 heteroatoms. The Bertz CT molecular complexity index is 1810. The topological polar surface area (TPSA) is 36.5 Å². The molecule has 0 amide bonds. The van der Waals surface area contributed by atoms with Crippen LogP contribution in [0, 0.1) is 0 Å². The van der Waals surface area contributed by atoms with Gasteiger partial charge < -0.3 is 14.5 Å². The van der Waals surface area contributed by atoms with Crippen LogP contribution >= 0.6 is 0 Å². The van der Waals surface area contributed by atoms with Crippen LogP contribution in [0.1, 0.15) is 77.3 Å². The number of benzene rings is 3. The summed E-state index contributed by atoms with van der Waals surface area (Å²) in [4.78, 5) is 7.37.